The van der Waals surface area contributed by atoms with Crippen molar-refractivity contribution in [2.24, 2.45) is 0 Å². The van der Waals surface area contributed by atoms with Gasteiger partial charge in [-0.2, -0.15) is 0 Å². The van der Waals surface area contributed by atoms with Gasteiger partial charge in [0.2, 0.25) is 0 Å². The molecule has 0 bridgehead atoms. The van der Waals surface area contributed by atoms with E-state index in [-0.39, 0.29) is 11.5 Å². The lowest BCUT2D eigenvalue weighted by Crippen LogP contribution is -1.78. The molecule has 0 aliphatic rings. The van der Waals surface area contributed by atoms with E-state index in [4.69, 9.17) is 0 Å². The first-order valence-corrected chi connectivity index (χ1v) is 5.71. The average molecular weight is 259 g/mol. The van der Waals surface area contributed by atoms with E-state index in [2.05, 4.69) is 15.9 Å². The maximum Gasteiger partial charge on any atom is 0.166 e. The third-order valence-corrected chi connectivity index (χ3v) is 3.50. The largest absolute Gasteiger partial charge is 0.504 e. The molecule has 2 nitrogen and oxygen atoms in total. The highest BCUT2D eigenvalue weighted by atomic mass is 79.9. The highest BCUT2D eigenvalue weighted by Crippen LogP contribution is 2.39. The second-order valence-electron chi connectivity index (χ2n) is 2.70. The molecule has 0 saturated heterocycles. The van der Waals surface area contributed by atoms with Crippen LogP contribution in [0, 0.1) is 0 Å². The number of fused-ring (bicyclic) bond motifs is 1. The summed E-state index contributed by atoms with van der Waals surface area (Å²) in [5.41, 5.74) is 1.00. The van der Waals surface area contributed by atoms with Crippen LogP contribution in [0.3, 0.4) is 0 Å². The van der Waals surface area contributed by atoms with Crippen molar-refractivity contribution in [1.82, 2.24) is 0 Å². The number of alkyl halides is 1. The summed E-state index contributed by atoms with van der Waals surface area (Å²) in [6.45, 7) is 0. The third kappa shape index (κ3) is 1.30. The summed E-state index contributed by atoms with van der Waals surface area (Å²) in [5, 5.41) is 22.2. The van der Waals surface area contributed by atoms with Gasteiger partial charge in [0.25, 0.3) is 0 Å². The van der Waals surface area contributed by atoms with E-state index in [0.29, 0.717) is 5.33 Å². The highest BCUT2D eigenvalue weighted by Gasteiger charge is 2.10. The van der Waals surface area contributed by atoms with Crippen molar-refractivity contribution in [2.45, 2.75) is 5.33 Å². The van der Waals surface area contributed by atoms with Crippen molar-refractivity contribution in [3.63, 3.8) is 0 Å². The molecule has 0 saturated carbocycles. The standard InChI is InChI=1S/C9H7BrO2S/c10-4-5-3-7(11)8(12)6-1-2-13-9(5)6/h1-3,11-12H,4H2. The van der Waals surface area contributed by atoms with Gasteiger partial charge in [-0.15, -0.1) is 11.3 Å². The molecule has 2 N–H and O–H groups in total. The lowest BCUT2D eigenvalue weighted by Gasteiger charge is -2.03. The Morgan fingerprint density at radius 3 is 2.85 bits per heavy atom. The van der Waals surface area contributed by atoms with Gasteiger partial charge >= 0.3 is 0 Å². The molecular weight excluding hydrogens is 252 g/mol. The number of rotatable bonds is 1. The summed E-state index contributed by atoms with van der Waals surface area (Å²) < 4.78 is 1.02. The highest BCUT2D eigenvalue weighted by molar-refractivity contribution is 9.08. The zero-order chi connectivity index (χ0) is 9.42. The molecule has 2 rings (SSSR count). The Hall–Kier alpha value is -0.740. The molecule has 0 spiro atoms. The Morgan fingerprint density at radius 1 is 1.38 bits per heavy atom. The number of benzene rings is 1. The van der Waals surface area contributed by atoms with Crippen molar-refractivity contribution in [1.29, 1.82) is 0 Å². The summed E-state index contributed by atoms with van der Waals surface area (Å²) >= 11 is 4.90. The minimum Gasteiger partial charge on any atom is -0.504 e. The van der Waals surface area contributed by atoms with E-state index >= 15 is 0 Å². The van der Waals surface area contributed by atoms with Crippen molar-refractivity contribution < 1.29 is 10.2 Å². The Bertz CT molecular complexity index is 450. The van der Waals surface area contributed by atoms with Gasteiger partial charge in [0.1, 0.15) is 0 Å². The summed E-state index contributed by atoms with van der Waals surface area (Å²) in [6.07, 6.45) is 0. The third-order valence-electron chi connectivity index (χ3n) is 1.91. The first-order valence-electron chi connectivity index (χ1n) is 3.71. The first kappa shape index (κ1) is 8.84. The number of hydrogen-bond donors (Lipinski definition) is 2. The van der Waals surface area contributed by atoms with E-state index in [0.717, 1.165) is 15.6 Å². The summed E-state index contributed by atoms with van der Waals surface area (Å²) in [4.78, 5) is 0. The zero-order valence-electron chi connectivity index (χ0n) is 6.62. The van der Waals surface area contributed by atoms with Gasteiger partial charge in [-0.25, -0.2) is 0 Å². The molecule has 1 aromatic carbocycles. The smallest absolute Gasteiger partial charge is 0.166 e. The van der Waals surface area contributed by atoms with E-state index in [1.165, 1.54) is 0 Å². The van der Waals surface area contributed by atoms with Crippen molar-refractivity contribution in [2.75, 3.05) is 0 Å². The van der Waals surface area contributed by atoms with Crippen LogP contribution in [0.5, 0.6) is 11.5 Å². The van der Waals surface area contributed by atoms with Crippen molar-refractivity contribution >= 4 is 37.4 Å². The normalized spacial score (nSPS) is 10.8. The summed E-state index contributed by atoms with van der Waals surface area (Å²) in [5.74, 6) is -0.0821. The number of aromatic hydroxyl groups is 2. The van der Waals surface area contributed by atoms with Crippen LogP contribution in [0.15, 0.2) is 17.5 Å². The fourth-order valence-electron chi connectivity index (χ4n) is 1.28. The molecule has 0 fully saturated rings. The number of phenols is 2. The van der Waals surface area contributed by atoms with Crippen LogP contribution < -0.4 is 0 Å². The zero-order valence-corrected chi connectivity index (χ0v) is 9.02. The lowest BCUT2D eigenvalue weighted by molar-refractivity contribution is 0.408. The molecule has 0 amide bonds. The molecule has 0 aliphatic carbocycles. The maximum absolute atomic E-state index is 9.51. The van der Waals surface area contributed by atoms with Gasteiger partial charge in [-0.05, 0) is 23.1 Å². The maximum atomic E-state index is 9.51. The fourth-order valence-corrected chi connectivity index (χ4v) is 2.82. The van der Waals surface area contributed by atoms with E-state index in [1.54, 1.807) is 23.5 Å². The summed E-state index contributed by atoms with van der Waals surface area (Å²) in [7, 11) is 0. The molecular formula is C9H7BrO2S. The molecule has 0 aliphatic heterocycles. The van der Waals surface area contributed by atoms with E-state index in [9.17, 15) is 10.2 Å². The average Bonchev–Trinajstić information content (AvgIpc) is 2.60. The molecule has 68 valence electrons. The molecule has 0 radical (unpaired) electrons. The molecule has 2 aromatic rings. The van der Waals surface area contributed by atoms with E-state index in [1.807, 2.05) is 5.38 Å². The summed E-state index contributed by atoms with van der Waals surface area (Å²) in [6, 6.07) is 3.39. The molecule has 0 unspecified atom stereocenters. The van der Waals surface area contributed by atoms with Gasteiger partial charge in [-0.3, -0.25) is 0 Å². The Balaban J connectivity index is 2.87. The van der Waals surface area contributed by atoms with Crippen LogP contribution in [0.25, 0.3) is 10.1 Å². The molecule has 0 atom stereocenters. The second kappa shape index (κ2) is 3.20. The quantitative estimate of drug-likeness (QED) is 0.609. The van der Waals surface area contributed by atoms with E-state index < -0.39 is 0 Å². The van der Waals surface area contributed by atoms with Gasteiger partial charge in [0, 0.05) is 15.4 Å². The minimum atomic E-state index is -0.0552. The van der Waals surface area contributed by atoms with Crippen LogP contribution in [0.4, 0.5) is 0 Å². The topological polar surface area (TPSA) is 40.5 Å². The van der Waals surface area contributed by atoms with Gasteiger partial charge in [0.05, 0.1) is 0 Å². The Morgan fingerprint density at radius 2 is 2.15 bits per heavy atom. The van der Waals surface area contributed by atoms with Crippen LogP contribution in [-0.4, -0.2) is 10.2 Å². The van der Waals surface area contributed by atoms with Crippen molar-refractivity contribution in [3.8, 4) is 11.5 Å². The minimum absolute atomic E-state index is 0.0269. The van der Waals surface area contributed by atoms with Gasteiger partial charge < -0.3 is 10.2 Å². The van der Waals surface area contributed by atoms with Crippen LogP contribution in [0.2, 0.25) is 0 Å². The number of phenolic OH excluding ortho intramolecular Hbond substituents is 2. The first-order chi connectivity index (χ1) is 6.24. The van der Waals surface area contributed by atoms with Gasteiger partial charge in [0.15, 0.2) is 11.5 Å². The predicted molar refractivity (Wildman–Crippen MR) is 57.8 cm³/mol. The van der Waals surface area contributed by atoms with Gasteiger partial charge in [-0.1, -0.05) is 15.9 Å². The lowest BCUT2D eigenvalue weighted by atomic mass is 10.1. The molecule has 1 heterocycles. The monoisotopic (exact) mass is 258 g/mol. The Labute approximate surface area is 87.6 Å². The Kier molecular flexibility index (Phi) is 2.17. The molecule has 4 heteroatoms. The number of thiophene rings is 1. The van der Waals surface area contributed by atoms with Crippen LogP contribution >= 0.6 is 27.3 Å². The SMILES string of the molecule is Oc1cc(CBr)c2sccc2c1O. The molecule has 1 aromatic heterocycles. The van der Waals surface area contributed by atoms with Crippen LogP contribution in [0.1, 0.15) is 5.56 Å². The second-order valence-corrected chi connectivity index (χ2v) is 4.18. The fraction of sp³-hybridized carbons (Fsp3) is 0.111. The number of halogens is 1. The number of hydrogen-bond acceptors (Lipinski definition) is 3. The van der Waals surface area contributed by atoms with Crippen molar-refractivity contribution in [3.05, 3.63) is 23.1 Å². The molecule has 13 heavy (non-hydrogen) atoms. The predicted octanol–water partition coefficient (Wildman–Crippen LogP) is 3.21. The van der Waals surface area contributed by atoms with Crippen LogP contribution in [-0.2, 0) is 5.33 Å².